The Hall–Kier alpha value is -3.51. The van der Waals surface area contributed by atoms with E-state index in [2.05, 4.69) is 34.4 Å². The Morgan fingerprint density at radius 1 is 1.18 bits per heavy atom. The molecule has 0 aliphatic carbocycles. The van der Waals surface area contributed by atoms with Crippen LogP contribution in [-0.4, -0.2) is 81.5 Å². The SMILES string of the molecule is C=CCCC(=O)N[C@@H](C)[C@H](OC(=O)[C@@H]1[C@H]2O[C@@]3(CC2Br)[C@H](C(=O)N(CC=C)c2ccc(Cl)cc2)N([C@@H](CC)CO)C(=O)[C@@H]13)c1ccccc1. The molecule has 0 radical (unpaired) electrons. The molecule has 12 heteroatoms. The number of rotatable bonds is 15. The lowest BCUT2D eigenvalue weighted by Gasteiger charge is -2.39. The number of aliphatic hydroxyl groups excluding tert-OH is 1. The Labute approximate surface area is 300 Å². The summed E-state index contributed by atoms with van der Waals surface area (Å²) in [6.07, 6.45) is 3.01. The molecule has 3 aliphatic heterocycles. The van der Waals surface area contributed by atoms with E-state index in [1.165, 1.54) is 9.80 Å². The fourth-order valence-corrected chi connectivity index (χ4v) is 8.65. The Balaban J connectivity index is 1.52. The smallest absolute Gasteiger partial charge is 0.313 e. The van der Waals surface area contributed by atoms with Gasteiger partial charge in [-0.1, -0.05) is 76.9 Å². The lowest BCUT2D eigenvalue weighted by atomic mass is 9.70. The molecule has 3 amide bonds. The zero-order chi connectivity index (χ0) is 35.5. The molecule has 1 spiro atoms. The van der Waals surface area contributed by atoms with Crippen molar-refractivity contribution >= 4 is 56.9 Å². The zero-order valence-corrected chi connectivity index (χ0v) is 30.0. The van der Waals surface area contributed by atoms with Crippen LogP contribution in [0.3, 0.4) is 0 Å². The predicted octanol–water partition coefficient (Wildman–Crippen LogP) is 5.13. The van der Waals surface area contributed by atoms with Gasteiger partial charge in [-0.3, -0.25) is 19.2 Å². The van der Waals surface area contributed by atoms with E-state index < -0.39 is 65.6 Å². The van der Waals surface area contributed by atoms with Gasteiger partial charge in [-0.05, 0) is 56.0 Å². The van der Waals surface area contributed by atoms with Crippen molar-refractivity contribution in [3.05, 3.63) is 90.5 Å². The van der Waals surface area contributed by atoms with E-state index in [1.54, 1.807) is 43.3 Å². The van der Waals surface area contributed by atoms with Gasteiger partial charge in [-0.15, -0.1) is 13.2 Å². The average molecular weight is 757 g/mol. The highest BCUT2D eigenvalue weighted by atomic mass is 79.9. The maximum absolute atomic E-state index is 14.8. The number of ether oxygens (including phenoxy) is 2. The van der Waals surface area contributed by atoms with Gasteiger partial charge < -0.3 is 29.7 Å². The number of fused-ring (bicyclic) bond motifs is 1. The Morgan fingerprint density at radius 2 is 1.88 bits per heavy atom. The van der Waals surface area contributed by atoms with Crippen LogP contribution in [0.5, 0.6) is 0 Å². The predicted molar refractivity (Wildman–Crippen MR) is 190 cm³/mol. The molecule has 5 rings (SSSR count). The van der Waals surface area contributed by atoms with Crippen molar-refractivity contribution in [2.75, 3.05) is 18.1 Å². The number of nitrogens with zero attached hydrogens (tertiary/aromatic N) is 2. The summed E-state index contributed by atoms with van der Waals surface area (Å²) in [6.45, 7) is 10.9. The first-order valence-electron chi connectivity index (χ1n) is 16.6. The van der Waals surface area contributed by atoms with E-state index in [1.807, 2.05) is 37.3 Å². The number of likely N-dealkylation sites (tertiary alicyclic amines) is 1. The van der Waals surface area contributed by atoms with Crippen LogP contribution in [0.4, 0.5) is 5.69 Å². The van der Waals surface area contributed by atoms with Crippen LogP contribution in [0.1, 0.15) is 51.2 Å². The number of halogens is 2. The van der Waals surface area contributed by atoms with Crippen LogP contribution in [0, 0.1) is 11.8 Å². The normalized spacial score (nSPS) is 27.2. The second-order valence-electron chi connectivity index (χ2n) is 12.8. The molecule has 10 nitrogen and oxygen atoms in total. The van der Waals surface area contributed by atoms with Crippen molar-refractivity contribution in [1.29, 1.82) is 0 Å². The van der Waals surface area contributed by atoms with E-state index in [0.717, 1.165) is 0 Å². The molecule has 2 N–H and O–H groups in total. The summed E-state index contributed by atoms with van der Waals surface area (Å²) in [4.78, 5) is 59.0. The summed E-state index contributed by atoms with van der Waals surface area (Å²) in [6, 6.07) is 13.4. The van der Waals surface area contributed by atoms with E-state index in [4.69, 9.17) is 21.1 Å². The van der Waals surface area contributed by atoms with E-state index >= 15 is 0 Å². The van der Waals surface area contributed by atoms with Crippen molar-refractivity contribution in [3.8, 4) is 0 Å². The highest BCUT2D eigenvalue weighted by Gasteiger charge is 2.77. The van der Waals surface area contributed by atoms with E-state index in [-0.39, 0.29) is 36.7 Å². The molecule has 3 heterocycles. The minimum absolute atomic E-state index is 0.136. The number of benzene rings is 2. The number of amides is 3. The molecule has 49 heavy (non-hydrogen) atoms. The number of esters is 1. The molecule has 9 atom stereocenters. The number of hydrogen-bond acceptors (Lipinski definition) is 7. The first-order chi connectivity index (χ1) is 23.5. The number of carbonyl (C=O) groups excluding carboxylic acids is 4. The molecule has 2 aromatic rings. The molecular formula is C37H43BrClN3O7. The minimum atomic E-state index is -1.38. The van der Waals surface area contributed by atoms with Gasteiger partial charge in [0.1, 0.15) is 17.7 Å². The van der Waals surface area contributed by atoms with Crippen LogP contribution in [0.25, 0.3) is 0 Å². The first kappa shape index (κ1) is 36.8. The fourth-order valence-electron chi connectivity index (χ4n) is 7.58. The maximum Gasteiger partial charge on any atom is 0.313 e. The Bertz CT molecular complexity index is 1550. The summed E-state index contributed by atoms with van der Waals surface area (Å²) in [5, 5.41) is 13.9. The van der Waals surface area contributed by atoms with Crippen LogP contribution in [0.2, 0.25) is 5.02 Å². The lowest BCUT2D eigenvalue weighted by Crippen LogP contribution is -2.59. The van der Waals surface area contributed by atoms with Crippen molar-refractivity contribution in [3.63, 3.8) is 0 Å². The minimum Gasteiger partial charge on any atom is -0.455 e. The molecule has 2 bridgehead atoms. The summed E-state index contributed by atoms with van der Waals surface area (Å²) in [5.74, 6) is -3.84. The topological polar surface area (TPSA) is 125 Å². The van der Waals surface area contributed by atoms with Crippen LogP contribution >= 0.6 is 27.5 Å². The molecule has 0 saturated carbocycles. The second-order valence-corrected chi connectivity index (χ2v) is 14.4. The number of carbonyl (C=O) groups is 4. The maximum atomic E-state index is 14.8. The highest BCUT2D eigenvalue weighted by molar-refractivity contribution is 9.09. The van der Waals surface area contributed by atoms with Gasteiger partial charge in [0.15, 0.2) is 0 Å². The standard InChI is InChI=1S/C37H43BrClN3O7/c1-5-8-14-28(44)40-22(4)31(23-12-10-9-11-13-23)48-36(47)29-30-34(45)42(25(7-3)21-43)33(37(30)20-27(38)32(29)49-37)35(46)41(19-6-2)26-17-15-24(39)16-18-26/h5-6,9-13,15-18,22,25,27,29-33,43H,1-2,7-8,14,19-21H2,3-4H3,(H,40,44)/t22-,25-,27?,29-,30+,31-,32-,33-,37+/m0/s1. The summed E-state index contributed by atoms with van der Waals surface area (Å²) in [5.41, 5.74) is -0.159. The lowest BCUT2D eigenvalue weighted by molar-refractivity contribution is -0.162. The molecule has 3 saturated heterocycles. The van der Waals surface area contributed by atoms with Gasteiger partial charge >= 0.3 is 5.97 Å². The fraction of sp³-hybridized carbons (Fsp3) is 0.459. The quantitative estimate of drug-likeness (QED) is 0.147. The molecule has 0 aromatic heterocycles. The first-order valence-corrected chi connectivity index (χ1v) is 17.9. The van der Waals surface area contributed by atoms with Crippen LogP contribution in [-0.2, 0) is 28.7 Å². The van der Waals surface area contributed by atoms with Gasteiger partial charge in [0, 0.05) is 28.5 Å². The van der Waals surface area contributed by atoms with E-state index in [0.29, 0.717) is 29.1 Å². The molecule has 2 aromatic carbocycles. The third kappa shape index (κ3) is 6.95. The van der Waals surface area contributed by atoms with Crippen molar-refractivity contribution in [2.24, 2.45) is 11.8 Å². The second kappa shape index (κ2) is 15.6. The Kier molecular flexibility index (Phi) is 11.7. The third-order valence-corrected chi connectivity index (χ3v) is 10.9. The Morgan fingerprint density at radius 3 is 2.49 bits per heavy atom. The number of hydrogen-bond donors (Lipinski definition) is 2. The monoisotopic (exact) mass is 755 g/mol. The summed E-state index contributed by atoms with van der Waals surface area (Å²) >= 11 is 9.86. The van der Waals surface area contributed by atoms with Crippen molar-refractivity contribution < 1.29 is 33.8 Å². The molecular weight excluding hydrogens is 714 g/mol. The zero-order valence-electron chi connectivity index (χ0n) is 27.7. The summed E-state index contributed by atoms with van der Waals surface area (Å²) < 4.78 is 12.9. The van der Waals surface area contributed by atoms with Gasteiger partial charge in [-0.2, -0.15) is 0 Å². The largest absolute Gasteiger partial charge is 0.455 e. The molecule has 262 valence electrons. The number of nitrogens with one attached hydrogen (secondary N) is 1. The van der Waals surface area contributed by atoms with Crippen molar-refractivity contribution in [1.82, 2.24) is 10.2 Å². The van der Waals surface area contributed by atoms with Crippen LogP contribution in [0.15, 0.2) is 79.9 Å². The number of allylic oxidation sites excluding steroid dienone is 1. The molecule has 3 fully saturated rings. The van der Waals surface area contributed by atoms with Crippen LogP contribution < -0.4 is 10.2 Å². The number of anilines is 1. The molecule has 3 aliphatic rings. The molecule has 1 unspecified atom stereocenters. The number of aliphatic hydroxyl groups is 1. The van der Waals surface area contributed by atoms with Gasteiger partial charge in [0.05, 0.1) is 36.6 Å². The van der Waals surface area contributed by atoms with E-state index in [9.17, 15) is 24.3 Å². The third-order valence-electron chi connectivity index (χ3n) is 9.81. The van der Waals surface area contributed by atoms with Crippen molar-refractivity contribution in [2.45, 2.75) is 80.3 Å². The summed E-state index contributed by atoms with van der Waals surface area (Å²) in [7, 11) is 0. The van der Waals surface area contributed by atoms with Gasteiger partial charge in [-0.25, -0.2) is 0 Å². The average Bonchev–Trinajstić information content (AvgIpc) is 3.69. The van der Waals surface area contributed by atoms with Gasteiger partial charge in [0.25, 0.3) is 5.91 Å². The number of alkyl halides is 1. The van der Waals surface area contributed by atoms with Gasteiger partial charge in [0.2, 0.25) is 11.8 Å². The highest BCUT2D eigenvalue weighted by Crippen LogP contribution is 2.61.